The van der Waals surface area contributed by atoms with Crippen LogP contribution in [0.25, 0.3) is 0 Å². The van der Waals surface area contributed by atoms with Crippen molar-refractivity contribution in [3.63, 3.8) is 0 Å². The lowest BCUT2D eigenvalue weighted by Gasteiger charge is -2.08. The van der Waals surface area contributed by atoms with Gasteiger partial charge in [0.05, 0.1) is 17.3 Å². The minimum absolute atomic E-state index is 0.0271. The van der Waals surface area contributed by atoms with Gasteiger partial charge in [-0.3, -0.25) is 0 Å². The summed E-state index contributed by atoms with van der Waals surface area (Å²) in [6.45, 7) is 4.16. The average molecular weight is 392 g/mol. The summed E-state index contributed by atoms with van der Waals surface area (Å²) in [4.78, 5) is 11.8. The Bertz CT molecular complexity index is 763. The summed E-state index contributed by atoms with van der Waals surface area (Å²) < 4.78 is 5.82. The van der Waals surface area contributed by atoms with Crippen LogP contribution in [-0.4, -0.2) is 24.0 Å². The zero-order valence-corrected chi connectivity index (χ0v) is 14.9. The Morgan fingerprint density at radius 2 is 2.12 bits per heavy atom. The molecular formula is C17H18BrN3O3. The molecule has 2 aromatic rings. The second-order valence-corrected chi connectivity index (χ2v) is 5.78. The summed E-state index contributed by atoms with van der Waals surface area (Å²) >= 11 is 3.25. The molecular weight excluding hydrogens is 374 g/mol. The van der Waals surface area contributed by atoms with Gasteiger partial charge in [0.25, 0.3) is 0 Å². The number of amides is 2. The van der Waals surface area contributed by atoms with Crippen molar-refractivity contribution < 1.29 is 14.6 Å². The number of phenolic OH excluding ortho intramolecular Hbond substituents is 1. The number of urea groups is 1. The monoisotopic (exact) mass is 391 g/mol. The SMILES string of the molecule is CCOc1cc(/C=N/NC(=O)Nc2ccccc2C)cc(Br)c1O. The van der Waals surface area contributed by atoms with Crippen molar-refractivity contribution in [2.45, 2.75) is 13.8 Å². The number of phenols is 1. The van der Waals surface area contributed by atoms with Crippen LogP contribution in [0.2, 0.25) is 0 Å². The molecule has 2 rings (SSSR count). The van der Waals surface area contributed by atoms with Gasteiger partial charge in [0, 0.05) is 5.69 Å². The van der Waals surface area contributed by atoms with Crippen molar-refractivity contribution in [2.75, 3.05) is 11.9 Å². The number of carbonyl (C=O) groups is 1. The number of aromatic hydroxyl groups is 1. The number of para-hydroxylation sites is 1. The van der Waals surface area contributed by atoms with Crippen LogP contribution < -0.4 is 15.5 Å². The third-order valence-corrected chi connectivity index (χ3v) is 3.73. The molecule has 6 nitrogen and oxygen atoms in total. The van der Waals surface area contributed by atoms with Gasteiger partial charge in [0.1, 0.15) is 0 Å². The Balaban J connectivity index is 2.01. The molecule has 0 unspecified atom stereocenters. The Morgan fingerprint density at radius 3 is 2.83 bits per heavy atom. The topological polar surface area (TPSA) is 83.0 Å². The highest BCUT2D eigenvalue weighted by Gasteiger charge is 2.08. The summed E-state index contributed by atoms with van der Waals surface area (Å²) in [5.74, 6) is 0.372. The van der Waals surface area contributed by atoms with Crippen molar-refractivity contribution in [1.29, 1.82) is 0 Å². The van der Waals surface area contributed by atoms with Gasteiger partial charge in [-0.1, -0.05) is 18.2 Å². The standard InChI is InChI=1S/C17H18BrN3O3/c1-3-24-15-9-12(8-13(18)16(15)22)10-19-21-17(23)20-14-7-5-4-6-11(14)2/h4-10,22H,3H2,1-2H3,(H2,20,21,23)/b19-10+. The Labute approximate surface area is 148 Å². The summed E-state index contributed by atoms with van der Waals surface area (Å²) in [6, 6.07) is 10.3. The van der Waals surface area contributed by atoms with E-state index in [1.165, 1.54) is 6.21 Å². The van der Waals surface area contributed by atoms with Crippen LogP contribution in [0.3, 0.4) is 0 Å². The zero-order valence-electron chi connectivity index (χ0n) is 13.3. The first-order valence-corrected chi connectivity index (χ1v) is 8.11. The first-order valence-electron chi connectivity index (χ1n) is 7.32. The van der Waals surface area contributed by atoms with Crippen LogP contribution >= 0.6 is 15.9 Å². The number of hydrogen-bond acceptors (Lipinski definition) is 4. The second-order valence-electron chi connectivity index (χ2n) is 4.92. The van der Waals surface area contributed by atoms with Crippen molar-refractivity contribution in [1.82, 2.24) is 5.43 Å². The maximum Gasteiger partial charge on any atom is 0.339 e. The number of anilines is 1. The van der Waals surface area contributed by atoms with Crippen LogP contribution in [0.15, 0.2) is 46.0 Å². The van der Waals surface area contributed by atoms with Gasteiger partial charge in [-0.25, -0.2) is 10.2 Å². The van der Waals surface area contributed by atoms with Gasteiger partial charge >= 0.3 is 6.03 Å². The number of nitrogens with zero attached hydrogens (tertiary/aromatic N) is 1. The summed E-state index contributed by atoms with van der Waals surface area (Å²) in [5.41, 5.74) is 4.74. The molecule has 0 aliphatic rings. The number of benzene rings is 2. The largest absolute Gasteiger partial charge is 0.503 e. The third-order valence-electron chi connectivity index (χ3n) is 3.12. The lowest BCUT2D eigenvalue weighted by Crippen LogP contribution is -2.24. The molecule has 0 radical (unpaired) electrons. The molecule has 0 heterocycles. The Kier molecular flexibility index (Phi) is 6.20. The molecule has 0 aliphatic carbocycles. The normalized spacial score (nSPS) is 10.6. The summed E-state index contributed by atoms with van der Waals surface area (Å²) in [6.07, 6.45) is 1.46. The van der Waals surface area contributed by atoms with Crippen LogP contribution in [0.1, 0.15) is 18.1 Å². The van der Waals surface area contributed by atoms with E-state index < -0.39 is 6.03 Å². The van der Waals surface area contributed by atoms with Gasteiger partial charge in [-0.2, -0.15) is 5.10 Å². The maximum atomic E-state index is 11.8. The number of carbonyl (C=O) groups excluding carboxylic acids is 1. The van der Waals surface area contributed by atoms with E-state index in [0.29, 0.717) is 22.4 Å². The molecule has 2 amide bonds. The smallest absolute Gasteiger partial charge is 0.339 e. The first-order chi connectivity index (χ1) is 11.5. The van der Waals surface area contributed by atoms with E-state index >= 15 is 0 Å². The predicted octanol–water partition coefficient (Wildman–Crippen LogP) is 4.02. The quantitative estimate of drug-likeness (QED) is 0.531. The van der Waals surface area contributed by atoms with E-state index in [1.54, 1.807) is 12.1 Å². The van der Waals surface area contributed by atoms with Gasteiger partial charge in [-0.05, 0) is 59.1 Å². The third kappa shape index (κ3) is 4.73. The fraction of sp³-hybridized carbons (Fsp3) is 0.176. The molecule has 0 bridgehead atoms. The summed E-state index contributed by atoms with van der Waals surface area (Å²) in [5, 5.41) is 16.5. The first kappa shape index (κ1) is 17.8. The molecule has 0 saturated carbocycles. The van der Waals surface area contributed by atoms with Crippen molar-refractivity contribution in [3.8, 4) is 11.5 Å². The molecule has 0 fully saturated rings. The number of halogens is 1. The number of hydrazone groups is 1. The van der Waals surface area contributed by atoms with E-state index in [4.69, 9.17) is 4.74 Å². The van der Waals surface area contributed by atoms with E-state index in [2.05, 4.69) is 31.8 Å². The minimum Gasteiger partial charge on any atom is -0.503 e. The lowest BCUT2D eigenvalue weighted by molar-refractivity contribution is 0.252. The highest BCUT2D eigenvalue weighted by molar-refractivity contribution is 9.10. The van der Waals surface area contributed by atoms with Gasteiger partial charge in [0.2, 0.25) is 0 Å². The lowest BCUT2D eigenvalue weighted by atomic mass is 10.2. The predicted molar refractivity (Wildman–Crippen MR) is 97.9 cm³/mol. The molecule has 0 aliphatic heterocycles. The summed E-state index contributed by atoms with van der Waals surface area (Å²) in [7, 11) is 0. The van der Waals surface area contributed by atoms with Crippen LogP contribution in [-0.2, 0) is 0 Å². The molecule has 24 heavy (non-hydrogen) atoms. The molecule has 2 aromatic carbocycles. The van der Waals surface area contributed by atoms with Crippen LogP contribution in [0.5, 0.6) is 11.5 Å². The molecule has 0 atom stereocenters. The van der Waals surface area contributed by atoms with Crippen molar-refractivity contribution >= 4 is 33.9 Å². The fourth-order valence-corrected chi connectivity index (χ4v) is 2.42. The fourth-order valence-electron chi connectivity index (χ4n) is 1.96. The van der Waals surface area contributed by atoms with E-state index in [9.17, 15) is 9.90 Å². The average Bonchev–Trinajstić information content (AvgIpc) is 2.54. The second kappa shape index (κ2) is 8.35. The molecule has 3 N–H and O–H groups in total. The van der Waals surface area contributed by atoms with E-state index in [-0.39, 0.29) is 5.75 Å². The Morgan fingerprint density at radius 1 is 1.38 bits per heavy atom. The molecule has 0 aromatic heterocycles. The molecule has 126 valence electrons. The van der Waals surface area contributed by atoms with Crippen LogP contribution in [0, 0.1) is 6.92 Å². The number of ether oxygens (including phenoxy) is 1. The highest BCUT2D eigenvalue weighted by Crippen LogP contribution is 2.35. The van der Waals surface area contributed by atoms with Gasteiger partial charge in [-0.15, -0.1) is 0 Å². The number of hydrogen-bond donors (Lipinski definition) is 3. The van der Waals surface area contributed by atoms with Gasteiger partial charge in [0.15, 0.2) is 11.5 Å². The maximum absolute atomic E-state index is 11.8. The zero-order chi connectivity index (χ0) is 17.5. The van der Waals surface area contributed by atoms with Crippen LogP contribution in [0.4, 0.5) is 10.5 Å². The van der Waals surface area contributed by atoms with Gasteiger partial charge < -0.3 is 15.2 Å². The van der Waals surface area contributed by atoms with Crippen molar-refractivity contribution in [3.05, 3.63) is 52.0 Å². The molecule has 0 saturated heterocycles. The number of rotatable bonds is 5. The molecule has 0 spiro atoms. The van der Waals surface area contributed by atoms with E-state index in [1.807, 2.05) is 38.1 Å². The number of aryl methyl sites for hydroxylation is 1. The number of nitrogens with one attached hydrogen (secondary N) is 2. The molecule has 7 heteroatoms. The Hall–Kier alpha value is -2.54. The van der Waals surface area contributed by atoms with Crippen molar-refractivity contribution in [2.24, 2.45) is 5.10 Å². The van der Waals surface area contributed by atoms with E-state index in [0.717, 1.165) is 11.3 Å². The minimum atomic E-state index is -0.441. The highest BCUT2D eigenvalue weighted by atomic mass is 79.9.